The predicted octanol–water partition coefficient (Wildman–Crippen LogP) is 2.88. The topological polar surface area (TPSA) is 84.9 Å². The van der Waals surface area contributed by atoms with Crippen molar-refractivity contribution < 1.29 is 8.81 Å². The molecule has 0 fully saturated rings. The Labute approximate surface area is 131 Å². The molecule has 0 radical (unpaired) electrons. The monoisotopic (exact) mass is 323 g/mol. The summed E-state index contributed by atoms with van der Waals surface area (Å²) in [7, 11) is 0. The molecule has 0 aliphatic carbocycles. The number of halogens is 2. The Bertz CT molecular complexity index is 846. The van der Waals surface area contributed by atoms with Crippen LogP contribution in [-0.4, -0.2) is 10.2 Å². The van der Waals surface area contributed by atoms with Gasteiger partial charge < -0.3 is 10.2 Å². The van der Waals surface area contributed by atoms with Crippen LogP contribution in [0.4, 0.5) is 4.39 Å². The lowest BCUT2D eigenvalue weighted by Gasteiger charge is -2.19. The molecule has 0 aliphatic heterocycles. The van der Waals surface area contributed by atoms with Gasteiger partial charge in [0.2, 0.25) is 5.89 Å². The van der Waals surface area contributed by atoms with Crippen LogP contribution in [0.15, 0.2) is 45.6 Å². The Morgan fingerprint density at radius 2 is 2.00 bits per heavy atom. The van der Waals surface area contributed by atoms with Gasteiger partial charge in [-0.1, -0.05) is 37.3 Å². The molecule has 0 bridgehead atoms. The molecular formula is C15H15ClFN3O2. The molecule has 0 saturated heterocycles. The van der Waals surface area contributed by atoms with Gasteiger partial charge in [0.1, 0.15) is 5.82 Å². The maximum Gasteiger partial charge on any atom is 0.434 e. The second kappa shape index (κ2) is 6.29. The van der Waals surface area contributed by atoms with Crippen molar-refractivity contribution in [1.29, 1.82) is 0 Å². The number of nitrogens with one attached hydrogen (secondary N) is 1. The molecule has 0 saturated carbocycles. The number of aromatic amines is 1. The van der Waals surface area contributed by atoms with Crippen molar-refractivity contribution in [1.82, 2.24) is 10.2 Å². The third-order valence-electron chi connectivity index (χ3n) is 3.65. The van der Waals surface area contributed by atoms with Crippen LogP contribution >= 0.6 is 12.4 Å². The molecule has 2 aromatic carbocycles. The normalized spacial score (nSPS) is 13.6. The van der Waals surface area contributed by atoms with Crippen LogP contribution in [0.25, 0.3) is 10.8 Å². The quantitative estimate of drug-likeness (QED) is 0.776. The van der Waals surface area contributed by atoms with Gasteiger partial charge in [-0.2, -0.15) is 0 Å². The van der Waals surface area contributed by atoms with Crippen molar-refractivity contribution in [2.45, 2.75) is 18.9 Å². The average Bonchev–Trinajstić information content (AvgIpc) is 2.92. The van der Waals surface area contributed by atoms with Crippen molar-refractivity contribution in [2.75, 3.05) is 0 Å². The number of fused-ring (bicyclic) bond motifs is 1. The predicted molar refractivity (Wildman–Crippen MR) is 83.6 cm³/mol. The van der Waals surface area contributed by atoms with E-state index in [9.17, 15) is 9.18 Å². The summed E-state index contributed by atoms with van der Waals surface area (Å²) in [5, 5.41) is 7.60. The smallest absolute Gasteiger partial charge is 0.391 e. The molecule has 7 heteroatoms. The van der Waals surface area contributed by atoms with Gasteiger partial charge in [-0.3, -0.25) is 0 Å². The van der Waals surface area contributed by atoms with E-state index in [-0.39, 0.29) is 24.1 Å². The maximum atomic E-state index is 14.3. The lowest BCUT2D eigenvalue weighted by Crippen LogP contribution is -2.19. The first kappa shape index (κ1) is 16.2. The van der Waals surface area contributed by atoms with Crippen LogP contribution in [0.5, 0.6) is 0 Å². The van der Waals surface area contributed by atoms with Crippen molar-refractivity contribution in [2.24, 2.45) is 5.73 Å². The standard InChI is InChI=1S/C15H14FN3O2.ClH/c1-8(13(17)14-18-19-15(20)21-14)12-10-5-3-2-4-9(10)6-7-11(12)16;/h2-8,13H,17H2,1H3,(H,19,20);1H/t8-,13+;/m1./s1. The van der Waals surface area contributed by atoms with Crippen LogP contribution in [-0.2, 0) is 0 Å². The largest absolute Gasteiger partial charge is 0.434 e. The summed E-state index contributed by atoms with van der Waals surface area (Å²) >= 11 is 0. The number of rotatable bonds is 3. The van der Waals surface area contributed by atoms with Crippen LogP contribution in [0, 0.1) is 5.82 Å². The molecule has 22 heavy (non-hydrogen) atoms. The summed E-state index contributed by atoms with van der Waals surface area (Å²) in [5.74, 6) is -1.34. The molecule has 0 aliphatic rings. The zero-order valence-corrected chi connectivity index (χ0v) is 12.6. The van der Waals surface area contributed by atoms with Gasteiger partial charge in [0, 0.05) is 11.5 Å². The average molecular weight is 324 g/mol. The number of H-pyrrole nitrogens is 1. The van der Waals surface area contributed by atoms with Gasteiger partial charge in [0.15, 0.2) is 0 Å². The first-order chi connectivity index (χ1) is 10.1. The molecular weight excluding hydrogens is 309 g/mol. The molecule has 0 amide bonds. The van der Waals surface area contributed by atoms with Gasteiger partial charge in [0.05, 0.1) is 6.04 Å². The van der Waals surface area contributed by atoms with Crippen LogP contribution < -0.4 is 11.5 Å². The molecule has 3 rings (SSSR count). The van der Waals surface area contributed by atoms with E-state index in [1.807, 2.05) is 24.3 Å². The molecule has 3 aromatic rings. The van der Waals surface area contributed by atoms with E-state index < -0.39 is 17.7 Å². The molecule has 3 N–H and O–H groups in total. The van der Waals surface area contributed by atoms with Gasteiger partial charge >= 0.3 is 5.76 Å². The number of nitrogens with two attached hydrogens (primary N) is 1. The number of hydrogen-bond donors (Lipinski definition) is 2. The first-order valence-corrected chi connectivity index (χ1v) is 6.56. The van der Waals surface area contributed by atoms with E-state index in [2.05, 4.69) is 10.2 Å². The Balaban J connectivity index is 0.00000176. The Morgan fingerprint density at radius 3 is 2.68 bits per heavy atom. The molecule has 116 valence electrons. The van der Waals surface area contributed by atoms with E-state index in [0.717, 1.165) is 10.8 Å². The van der Waals surface area contributed by atoms with Crippen LogP contribution in [0.1, 0.15) is 30.3 Å². The zero-order chi connectivity index (χ0) is 15.0. The number of nitrogens with zero attached hydrogens (tertiary/aromatic N) is 1. The van der Waals surface area contributed by atoms with E-state index in [0.29, 0.717) is 5.56 Å². The van der Waals surface area contributed by atoms with Crippen LogP contribution in [0.2, 0.25) is 0 Å². The molecule has 0 spiro atoms. The second-order valence-corrected chi connectivity index (χ2v) is 4.95. The van der Waals surface area contributed by atoms with E-state index >= 15 is 0 Å². The van der Waals surface area contributed by atoms with Crippen molar-refractivity contribution in [3.63, 3.8) is 0 Å². The maximum absolute atomic E-state index is 14.3. The highest BCUT2D eigenvalue weighted by Gasteiger charge is 2.25. The first-order valence-electron chi connectivity index (χ1n) is 6.56. The lowest BCUT2D eigenvalue weighted by atomic mass is 9.89. The van der Waals surface area contributed by atoms with Gasteiger partial charge in [-0.25, -0.2) is 14.3 Å². The lowest BCUT2D eigenvalue weighted by molar-refractivity contribution is 0.398. The van der Waals surface area contributed by atoms with E-state index in [1.165, 1.54) is 6.07 Å². The fourth-order valence-electron chi connectivity index (χ4n) is 2.51. The summed E-state index contributed by atoms with van der Waals surface area (Å²) < 4.78 is 19.1. The third kappa shape index (κ3) is 2.75. The van der Waals surface area contributed by atoms with Crippen molar-refractivity contribution >= 4 is 23.2 Å². The number of hydrogen-bond acceptors (Lipinski definition) is 4. The third-order valence-corrected chi connectivity index (χ3v) is 3.65. The minimum Gasteiger partial charge on any atom is -0.391 e. The molecule has 2 atom stereocenters. The fraction of sp³-hybridized carbons (Fsp3) is 0.200. The minimum atomic E-state index is -0.718. The SMILES string of the molecule is C[C@H](c1c(F)ccc2ccccc12)[C@H](N)c1n[nH]c(=O)o1.Cl. The van der Waals surface area contributed by atoms with E-state index in [4.69, 9.17) is 10.2 Å². The summed E-state index contributed by atoms with van der Waals surface area (Å²) in [5.41, 5.74) is 6.55. The molecule has 1 heterocycles. The summed E-state index contributed by atoms with van der Waals surface area (Å²) in [6.45, 7) is 1.78. The van der Waals surface area contributed by atoms with Gasteiger partial charge in [-0.05, 0) is 16.8 Å². The van der Waals surface area contributed by atoms with Crippen LogP contribution in [0.3, 0.4) is 0 Å². The summed E-state index contributed by atoms with van der Waals surface area (Å²) in [4.78, 5) is 11.0. The van der Waals surface area contributed by atoms with Gasteiger partial charge in [0.25, 0.3) is 0 Å². The van der Waals surface area contributed by atoms with E-state index in [1.54, 1.807) is 13.0 Å². The van der Waals surface area contributed by atoms with Gasteiger partial charge in [-0.15, -0.1) is 17.5 Å². The fourth-order valence-corrected chi connectivity index (χ4v) is 2.51. The zero-order valence-electron chi connectivity index (χ0n) is 11.7. The van der Waals surface area contributed by atoms with Crippen molar-refractivity contribution in [3.8, 4) is 0 Å². The molecule has 5 nitrogen and oxygen atoms in total. The highest BCUT2D eigenvalue weighted by Crippen LogP contribution is 2.34. The Morgan fingerprint density at radius 1 is 1.27 bits per heavy atom. The highest BCUT2D eigenvalue weighted by atomic mass is 35.5. The van der Waals surface area contributed by atoms with Crippen molar-refractivity contribution in [3.05, 3.63) is 64.2 Å². The Hall–Kier alpha value is -2.18. The molecule has 1 aromatic heterocycles. The summed E-state index contributed by atoms with van der Waals surface area (Å²) in [6, 6.07) is 9.91. The molecule has 0 unspecified atom stereocenters. The second-order valence-electron chi connectivity index (χ2n) is 4.95. The Kier molecular flexibility index (Phi) is 4.63. The minimum absolute atomic E-state index is 0. The number of aromatic nitrogens is 2. The summed E-state index contributed by atoms with van der Waals surface area (Å²) in [6.07, 6.45) is 0. The number of benzene rings is 2. The highest BCUT2D eigenvalue weighted by molar-refractivity contribution is 5.86.